The van der Waals surface area contributed by atoms with Crippen LogP contribution in [0.5, 0.6) is 0 Å². The summed E-state index contributed by atoms with van der Waals surface area (Å²) in [5.74, 6) is -0.266. The third kappa shape index (κ3) is 3.52. The average molecular weight is 196 g/mol. The minimum Gasteiger partial charge on any atom is -0.481 e. The van der Waals surface area contributed by atoms with Crippen LogP contribution in [0.3, 0.4) is 0 Å². The van der Waals surface area contributed by atoms with E-state index < -0.39 is 5.97 Å². The summed E-state index contributed by atoms with van der Waals surface area (Å²) >= 11 is 0. The van der Waals surface area contributed by atoms with Gasteiger partial charge in [-0.2, -0.15) is 0 Å². The van der Waals surface area contributed by atoms with Gasteiger partial charge in [0.15, 0.2) is 0 Å². The van der Waals surface area contributed by atoms with Gasteiger partial charge in [0.25, 0.3) is 0 Å². The highest BCUT2D eigenvalue weighted by atomic mass is 16.4. The van der Waals surface area contributed by atoms with Gasteiger partial charge in [-0.05, 0) is 18.8 Å². The molecule has 0 aromatic carbocycles. The Labute approximate surface area is 86.0 Å². The number of carboxylic acids is 1. The standard InChI is InChI=1S/C12H20O2/c1-2-3-8-11(12(13)14)9-10-6-4-5-7-10/h3,8,10-11H,2,4-7,9H2,1H3,(H,13,14). The molecule has 1 N–H and O–H groups in total. The molecule has 14 heavy (non-hydrogen) atoms. The van der Waals surface area contributed by atoms with E-state index in [0.717, 1.165) is 12.8 Å². The van der Waals surface area contributed by atoms with Crippen molar-refractivity contribution in [3.8, 4) is 0 Å². The van der Waals surface area contributed by atoms with Crippen LogP contribution in [0.1, 0.15) is 45.4 Å². The molecule has 2 nitrogen and oxygen atoms in total. The number of rotatable bonds is 5. The van der Waals surface area contributed by atoms with Crippen molar-refractivity contribution < 1.29 is 9.90 Å². The summed E-state index contributed by atoms with van der Waals surface area (Å²) in [7, 11) is 0. The molecule has 0 aliphatic heterocycles. The lowest BCUT2D eigenvalue weighted by molar-refractivity contribution is -0.140. The number of aliphatic carboxylic acids is 1. The van der Waals surface area contributed by atoms with Crippen molar-refractivity contribution in [2.75, 3.05) is 0 Å². The molecule has 1 unspecified atom stereocenters. The summed E-state index contributed by atoms with van der Waals surface area (Å²) in [5, 5.41) is 9.01. The fourth-order valence-corrected chi connectivity index (χ4v) is 2.17. The molecule has 1 fully saturated rings. The number of allylic oxidation sites excluding steroid dienone is 1. The molecule has 1 rings (SSSR count). The number of carboxylic acid groups (broad SMARTS) is 1. The molecule has 1 saturated carbocycles. The third-order valence-electron chi connectivity index (χ3n) is 2.98. The van der Waals surface area contributed by atoms with Crippen LogP contribution in [0.25, 0.3) is 0 Å². The number of hydrogen-bond donors (Lipinski definition) is 1. The molecule has 0 spiro atoms. The first kappa shape index (κ1) is 11.3. The normalized spacial score (nSPS) is 20.4. The van der Waals surface area contributed by atoms with Gasteiger partial charge in [0.2, 0.25) is 0 Å². The average Bonchev–Trinajstić information content (AvgIpc) is 2.64. The summed E-state index contributed by atoms with van der Waals surface area (Å²) < 4.78 is 0. The summed E-state index contributed by atoms with van der Waals surface area (Å²) in [6.07, 6.45) is 10.6. The molecular weight excluding hydrogens is 176 g/mol. The zero-order valence-electron chi connectivity index (χ0n) is 8.91. The van der Waals surface area contributed by atoms with E-state index >= 15 is 0 Å². The van der Waals surface area contributed by atoms with Crippen LogP contribution in [-0.2, 0) is 4.79 Å². The van der Waals surface area contributed by atoms with Crippen molar-refractivity contribution in [3.63, 3.8) is 0 Å². The first-order valence-corrected chi connectivity index (χ1v) is 5.63. The van der Waals surface area contributed by atoms with Crippen LogP contribution in [-0.4, -0.2) is 11.1 Å². The lowest BCUT2D eigenvalue weighted by Crippen LogP contribution is -2.14. The quantitative estimate of drug-likeness (QED) is 0.685. The first-order chi connectivity index (χ1) is 6.74. The monoisotopic (exact) mass is 196 g/mol. The first-order valence-electron chi connectivity index (χ1n) is 5.63. The maximum Gasteiger partial charge on any atom is 0.310 e. The van der Waals surface area contributed by atoms with Crippen molar-refractivity contribution >= 4 is 5.97 Å². The molecule has 0 saturated heterocycles. The van der Waals surface area contributed by atoms with Crippen LogP contribution >= 0.6 is 0 Å². The van der Waals surface area contributed by atoms with E-state index in [0.29, 0.717) is 5.92 Å². The van der Waals surface area contributed by atoms with Gasteiger partial charge < -0.3 is 5.11 Å². The van der Waals surface area contributed by atoms with Crippen molar-refractivity contribution in [2.45, 2.75) is 45.4 Å². The van der Waals surface area contributed by atoms with Crippen LogP contribution < -0.4 is 0 Å². The SMILES string of the molecule is CCC=CC(CC1CCCC1)C(=O)O. The van der Waals surface area contributed by atoms with Gasteiger partial charge >= 0.3 is 5.97 Å². The minimum atomic E-state index is -0.665. The fourth-order valence-electron chi connectivity index (χ4n) is 2.17. The van der Waals surface area contributed by atoms with Gasteiger partial charge in [-0.25, -0.2) is 0 Å². The molecule has 0 aromatic rings. The van der Waals surface area contributed by atoms with E-state index in [-0.39, 0.29) is 5.92 Å². The van der Waals surface area contributed by atoms with Crippen LogP contribution in [0.4, 0.5) is 0 Å². The zero-order valence-corrected chi connectivity index (χ0v) is 8.91. The Kier molecular flexibility index (Phi) is 4.71. The van der Waals surface area contributed by atoms with Crippen molar-refractivity contribution in [3.05, 3.63) is 12.2 Å². The van der Waals surface area contributed by atoms with Gasteiger partial charge in [-0.3, -0.25) is 4.79 Å². The highest BCUT2D eigenvalue weighted by Gasteiger charge is 2.22. The largest absolute Gasteiger partial charge is 0.481 e. The molecular formula is C12H20O2. The van der Waals surface area contributed by atoms with E-state index in [4.69, 9.17) is 5.11 Å². The second-order valence-corrected chi connectivity index (χ2v) is 4.17. The van der Waals surface area contributed by atoms with E-state index in [2.05, 4.69) is 0 Å². The van der Waals surface area contributed by atoms with Crippen LogP contribution in [0.2, 0.25) is 0 Å². The minimum absolute atomic E-state index is 0.252. The fraction of sp³-hybridized carbons (Fsp3) is 0.750. The van der Waals surface area contributed by atoms with Gasteiger partial charge in [-0.15, -0.1) is 0 Å². The Balaban J connectivity index is 2.41. The number of hydrogen-bond acceptors (Lipinski definition) is 1. The van der Waals surface area contributed by atoms with Gasteiger partial charge in [0, 0.05) is 0 Å². The second-order valence-electron chi connectivity index (χ2n) is 4.17. The topological polar surface area (TPSA) is 37.3 Å². The predicted molar refractivity (Wildman–Crippen MR) is 57.1 cm³/mol. The Morgan fingerprint density at radius 1 is 1.50 bits per heavy atom. The van der Waals surface area contributed by atoms with Crippen molar-refractivity contribution in [1.29, 1.82) is 0 Å². The van der Waals surface area contributed by atoms with E-state index in [1.165, 1.54) is 25.7 Å². The summed E-state index contributed by atoms with van der Waals surface area (Å²) in [4.78, 5) is 10.9. The second kappa shape index (κ2) is 5.84. The smallest absolute Gasteiger partial charge is 0.310 e. The number of carbonyl (C=O) groups is 1. The highest BCUT2D eigenvalue weighted by molar-refractivity contribution is 5.72. The highest BCUT2D eigenvalue weighted by Crippen LogP contribution is 2.30. The van der Waals surface area contributed by atoms with Crippen molar-refractivity contribution in [1.82, 2.24) is 0 Å². The van der Waals surface area contributed by atoms with Gasteiger partial charge in [-0.1, -0.05) is 44.8 Å². The van der Waals surface area contributed by atoms with Gasteiger partial charge in [0.1, 0.15) is 0 Å². The van der Waals surface area contributed by atoms with Crippen LogP contribution in [0, 0.1) is 11.8 Å². The maximum absolute atomic E-state index is 10.9. The van der Waals surface area contributed by atoms with E-state index in [1.54, 1.807) is 0 Å². The zero-order chi connectivity index (χ0) is 10.4. The molecule has 2 heteroatoms. The maximum atomic E-state index is 10.9. The van der Waals surface area contributed by atoms with Crippen LogP contribution in [0.15, 0.2) is 12.2 Å². The summed E-state index contributed by atoms with van der Waals surface area (Å²) in [6.45, 7) is 2.03. The molecule has 0 amide bonds. The Morgan fingerprint density at radius 2 is 2.14 bits per heavy atom. The Bertz CT molecular complexity index is 202. The summed E-state index contributed by atoms with van der Waals surface area (Å²) in [6, 6.07) is 0. The Morgan fingerprint density at radius 3 is 2.64 bits per heavy atom. The molecule has 80 valence electrons. The molecule has 1 atom stereocenters. The Hall–Kier alpha value is -0.790. The molecule has 0 heterocycles. The lowest BCUT2D eigenvalue weighted by atomic mass is 9.93. The lowest BCUT2D eigenvalue weighted by Gasteiger charge is -2.12. The molecule has 0 aromatic heterocycles. The van der Waals surface area contributed by atoms with Crippen molar-refractivity contribution in [2.24, 2.45) is 11.8 Å². The van der Waals surface area contributed by atoms with E-state index in [1.807, 2.05) is 19.1 Å². The molecule has 1 aliphatic carbocycles. The van der Waals surface area contributed by atoms with Gasteiger partial charge in [0.05, 0.1) is 5.92 Å². The molecule has 0 radical (unpaired) electrons. The molecule has 0 bridgehead atoms. The van der Waals surface area contributed by atoms with E-state index in [9.17, 15) is 4.79 Å². The predicted octanol–water partition coefficient (Wildman–Crippen LogP) is 3.23. The third-order valence-corrected chi connectivity index (χ3v) is 2.98. The summed E-state index contributed by atoms with van der Waals surface area (Å²) in [5.41, 5.74) is 0. The molecule has 1 aliphatic rings.